The second-order valence-corrected chi connectivity index (χ2v) is 8.97. The second kappa shape index (κ2) is 8.47. The van der Waals surface area contributed by atoms with Crippen LogP contribution in [-0.4, -0.2) is 16.4 Å². The number of aromatic nitrogens is 1. The predicted octanol–water partition coefficient (Wildman–Crippen LogP) is 6.78. The third-order valence-corrected chi connectivity index (χ3v) is 6.42. The first kappa shape index (κ1) is 21.9. The van der Waals surface area contributed by atoms with Gasteiger partial charge in [0, 0.05) is 33.2 Å². The van der Waals surface area contributed by atoms with Gasteiger partial charge in [0.2, 0.25) is 0 Å². The molecule has 3 aromatic carbocycles. The fraction of sp³-hybridized carbons (Fsp3) is 0.103. The van der Waals surface area contributed by atoms with E-state index in [4.69, 9.17) is 11.6 Å². The van der Waals surface area contributed by atoms with Crippen molar-refractivity contribution in [3.05, 3.63) is 118 Å². The van der Waals surface area contributed by atoms with Gasteiger partial charge in [-0.3, -0.25) is 9.59 Å². The zero-order chi connectivity index (χ0) is 24.0. The molecule has 1 aliphatic rings. The average molecular weight is 467 g/mol. The summed E-state index contributed by atoms with van der Waals surface area (Å²) < 4.78 is 2.18. The van der Waals surface area contributed by atoms with Gasteiger partial charge in [-0.25, -0.2) is 4.90 Å². The van der Waals surface area contributed by atoms with Crippen LogP contribution >= 0.6 is 11.6 Å². The maximum absolute atomic E-state index is 13.7. The van der Waals surface area contributed by atoms with Crippen molar-refractivity contribution < 1.29 is 9.59 Å². The van der Waals surface area contributed by atoms with Crippen molar-refractivity contribution in [3.63, 3.8) is 0 Å². The van der Waals surface area contributed by atoms with Crippen molar-refractivity contribution in [2.24, 2.45) is 0 Å². The van der Waals surface area contributed by atoms with Gasteiger partial charge in [-0.2, -0.15) is 0 Å². The Morgan fingerprint density at radius 1 is 0.735 bits per heavy atom. The summed E-state index contributed by atoms with van der Waals surface area (Å²) in [5.74, 6) is -0.725. The maximum Gasteiger partial charge on any atom is 0.265 e. The van der Waals surface area contributed by atoms with E-state index in [0.29, 0.717) is 27.4 Å². The minimum atomic E-state index is -0.369. The van der Waals surface area contributed by atoms with E-state index in [2.05, 4.69) is 42.7 Å². The van der Waals surface area contributed by atoms with Gasteiger partial charge in [-0.15, -0.1) is 0 Å². The average Bonchev–Trinajstić information content (AvgIpc) is 3.09. The van der Waals surface area contributed by atoms with E-state index >= 15 is 0 Å². The fourth-order valence-electron chi connectivity index (χ4n) is 4.60. The van der Waals surface area contributed by atoms with Crippen LogP contribution in [-0.2, 0) is 4.79 Å². The first-order valence-corrected chi connectivity index (χ1v) is 11.4. The van der Waals surface area contributed by atoms with Gasteiger partial charge < -0.3 is 4.57 Å². The Morgan fingerprint density at radius 3 is 2.18 bits per heavy atom. The summed E-state index contributed by atoms with van der Waals surface area (Å²) in [5.41, 5.74) is 7.31. The molecule has 2 heterocycles. The van der Waals surface area contributed by atoms with Crippen LogP contribution in [0.5, 0.6) is 0 Å². The first-order valence-electron chi connectivity index (χ1n) is 11.1. The number of fused-ring (bicyclic) bond motifs is 1. The van der Waals surface area contributed by atoms with Crippen LogP contribution in [0.15, 0.2) is 78.9 Å². The molecule has 1 aliphatic heterocycles. The number of carbonyl (C=O) groups is 2. The molecule has 0 spiro atoms. The minimum Gasteiger partial charge on any atom is -0.318 e. The Morgan fingerprint density at radius 2 is 1.44 bits per heavy atom. The summed E-state index contributed by atoms with van der Waals surface area (Å²) in [4.78, 5) is 28.2. The molecule has 34 heavy (non-hydrogen) atoms. The van der Waals surface area contributed by atoms with Gasteiger partial charge >= 0.3 is 0 Å². The van der Waals surface area contributed by atoms with Crippen LogP contribution in [0.4, 0.5) is 5.69 Å². The van der Waals surface area contributed by atoms with Crippen LogP contribution in [0.3, 0.4) is 0 Å². The van der Waals surface area contributed by atoms with E-state index in [1.165, 1.54) is 10.5 Å². The molecular formula is C29H23ClN2O2. The quantitative estimate of drug-likeness (QED) is 0.246. The molecule has 4 aromatic rings. The lowest BCUT2D eigenvalue weighted by Crippen LogP contribution is -2.41. The first-order chi connectivity index (χ1) is 16.3. The van der Waals surface area contributed by atoms with Crippen LogP contribution in [0.1, 0.15) is 38.4 Å². The van der Waals surface area contributed by atoms with E-state index in [1.54, 1.807) is 30.3 Å². The monoisotopic (exact) mass is 466 g/mol. The third kappa shape index (κ3) is 3.66. The Labute approximate surface area is 203 Å². The van der Waals surface area contributed by atoms with Gasteiger partial charge in [0.15, 0.2) is 0 Å². The molecule has 0 saturated carbocycles. The lowest BCUT2D eigenvalue weighted by molar-refractivity contribution is -0.112. The van der Waals surface area contributed by atoms with E-state index < -0.39 is 0 Å². The van der Waals surface area contributed by atoms with E-state index in [0.717, 1.165) is 22.6 Å². The molecule has 0 saturated heterocycles. The topological polar surface area (TPSA) is 42.3 Å². The number of benzene rings is 3. The zero-order valence-electron chi connectivity index (χ0n) is 19.2. The Hall–Kier alpha value is -3.89. The summed E-state index contributed by atoms with van der Waals surface area (Å²) >= 11 is 6.17. The molecular weight excluding hydrogens is 444 g/mol. The summed E-state index contributed by atoms with van der Waals surface area (Å²) in [6, 6.07) is 24.4. The van der Waals surface area contributed by atoms with Gasteiger partial charge in [0.1, 0.15) is 0 Å². The molecule has 0 bridgehead atoms. The highest BCUT2D eigenvalue weighted by atomic mass is 35.5. The summed E-state index contributed by atoms with van der Waals surface area (Å²) in [7, 11) is 0. The molecule has 2 amide bonds. The van der Waals surface area contributed by atoms with Crippen molar-refractivity contribution in [2.45, 2.75) is 20.8 Å². The van der Waals surface area contributed by atoms with E-state index in [1.807, 2.05) is 37.3 Å². The molecule has 0 radical (unpaired) electrons. The molecule has 0 N–H and O–H groups in total. The Kier molecular flexibility index (Phi) is 5.46. The van der Waals surface area contributed by atoms with Gasteiger partial charge in [0.05, 0.1) is 5.69 Å². The van der Waals surface area contributed by atoms with Crippen LogP contribution in [0.2, 0.25) is 5.02 Å². The molecule has 0 unspecified atom stereocenters. The van der Waals surface area contributed by atoms with Gasteiger partial charge in [-0.1, -0.05) is 48.0 Å². The summed E-state index contributed by atoms with van der Waals surface area (Å²) in [5, 5.41) is 0.462. The Bertz CT molecular complexity index is 1500. The molecule has 0 aliphatic carbocycles. The summed E-state index contributed by atoms with van der Waals surface area (Å²) in [6.07, 6.45) is 1.89. The van der Waals surface area contributed by atoms with Crippen LogP contribution < -0.4 is 4.90 Å². The van der Waals surface area contributed by atoms with Crippen molar-refractivity contribution in [3.8, 4) is 5.69 Å². The van der Waals surface area contributed by atoms with Crippen molar-refractivity contribution in [2.75, 3.05) is 4.90 Å². The highest BCUT2D eigenvalue weighted by Gasteiger charge is 2.36. The molecule has 168 valence electrons. The van der Waals surface area contributed by atoms with Gasteiger partial charge in [0.25, 0.3) is 11.8 Å². The standard InChI is InChI=1S/C29H23ClN2O2/c1-18-8-6-10-23(14-18)31-19(2)15-21(20(31)3)16-27-25-12-4-5-13-26(25)28(33)32(29(27)34)24-11-7-9-22(30)17-24/h4-17H,1-3H3/b27-16-. The number of aryl methyl sites for hydroxylation is 2. The number of amides is 2. The van der Waals surface area contributed by atoms with Crippen LogP contribution in [0.25, 0.3) is 17.3 Å². The van der Waals surface area contributed by atoms with Crippen LogP contribution in [0, 0.1) is 20.8 Å². The molecule has 5 heteroatoms. The highest BCUT2D eigenvalue weighted by Crippen LogP contribution is 2.35. The van der Waals surface area contributed by atoms with Crippen molar-refractivity contribution in [1.82, 2.24) is 4.57 Å². The molecule has 0 atom stereocenters. The molecule has 0 fully saturated rings. The number of hydrogen-bond donors (Lipinski definition) is 0. The van der Waals surface area contributed by atoms with E-state index in [9.17, 15) is 9.59 Å². The van der Waals surface area contributed by atoms with Gasteiger partial charge in [-0.05, 0) is 86.0 Å². The highest BCUT2D eigenvalue weighted by molar-refractivity contribution is 6.43. The molecule has 1 aromatic heterocycles. The number of anilines is 1. The fourth-order valence-corrected chi connectivity index (χ4v) is 4.78. The molecule has 4 nitrogen and oxygen atoms in total. The molecule has 5 rings (SSSR count). The third-order valence-electron chi connectivity index (χ3n) is 6.18. The number of halogens is 1. The smallest absolute Gasteiger partial charge is 0.265 e. The maximum atomic E-state index is 13.7. The van der Waals surface area contributed by atoms with Crippen molar-refractivity contribution >= 4 is 40.8 Å². The Balaban J connectivity index is 1.68. The normalized spacial score (nSPS) is 14.6. The number of imide groups is 1. The zero-order valence-corrected chi connectivity index (χ0v) is 19.9. The van der Waals surface area contributed by atoms with E-state index in [-0.39, 0.29) is 11.8 Å². The number of rotatable bonds is 3. The lowest BCUT2D eigenvalue weighted by Gasteiger charge is -2.28. The minimum absolute atomic E-state index is 0.356. The number of nitrogens with zero attached hydrogens (tertiary/aromatic N) is 2. The lowest BCUT2D eigenvalue weighted by atomic mass is 9.91. The second-order valence-electron chi connectivity index (χ2n) is 8.53. The number of hydrogen-bond acceptors (Lipinski definition) is 2. The predicted molar refractivity (Wildman–Crippen MR) is 138 cm³/mol. The number of carbonyl (C=O) groups excluding carboxylic acids is 2. The van der Waals surface area contributed by atoms with Crippen molar-refractivity contribution in [1.29, 1.82) is 0 Å². The largest absolute Gasteiger partial charge is 0.318 e. The SMILES string of the molecule is Cc1cccc(-n2c(C)cc(/C=C3\C(=O)N(c4cccc(Cl)c4)C(=O)c4ccccc43)c2C)c1. The summed E-state index contributed by atoms with van der Waals surface area (Å²) in [6.45, 7) is 6.16.